The van der Waals surface area contributed by atoms with E-state index in [2.05, 4.69) is 61.4 Å². The number of hydrogen-bond donors (Lipinski definition) is 0. The molecular weight excluding hydrogens is 406 g/mol. The third-order valence-corrected chi connectivity index (χ3v) is 4.86. The SMILES string of the molecule is CCCc1nc2c(Br)cc(Br)cc2c2nc3ccccc3n12. The first-order chi connectivity index (χ1) is 10.7. The van der Waals surface area contributed by atoms with Gasteiger partial charge in [-0.05, 0) is 46.6 Å². The molecule has 0 bridgehead atoms. The molecule has 0 aliphatic carbocycles. The average Bonchev–Trinajstić information content (AvgIpc) is 2.88. The highest BCUT2D eigenvalue weighted by Crippen LogP contribution is 2.32. The quantitative estimate of drug-likeness (QED) is 0.429. The van der Waals surface area contributed by atoms with Crippen LogP contribution in [0.15, 0.2) is 45.3 Å². The van der Waals surface area contributed by atoms with Gasteiger partial charge in [-0.15, -0.1) is 0 Å². The van der Waals surface area contributed by atoms with Crippen LogP contribution in [0.5, 0.6) is 0 Å². The molecule has 0 N–H and O–H groups in total. The van der Waals surface area contributed by atoms with Gasteiger partial charge in [-0.3, -0.25) is 4.40 Å². The van der Waals surface area contributed by atoms with Crippen LogP contribution in [0.4, 0.5) is 0 Å². The van der Waals surface area contributed by atoms with Crippen LogP contribution >= 0.6 is 31.9 Å². The Kier molecular flexibility index (Phi) is 3.42. The van der Waals surface area contributed by atoms with E-state index in [-0.39, 0.29) is 0 Å². The van der Waals surface area contributed by atoms with Crippen molar-refractivity contribution >= 4 is 59.4 Å². The number of hydrogen-bond acceptors (Lipinski definition) is 2. The first-order valence-corrected chi connectivity index (χ1v) is 8.82. The minimum absolute atomic E-state index is 0.926. The van der Waals surface area contributed by atoms with Gasteiger partial charge in [0.15, 0.2) is 0 Å². The van der Waals surface area contributed by atoms with Crippen molar-refractivity contribution in [2.75, 3.05) is 0 Å². The fourth-order valence-electron chi connectivity index (χ4n) is 2.89. The van der Waals surface area contributed by atoms with Gasteiger partial charge in [0.25, 0.3) is 0 Å². The van der Waals surface area contributed by atoms with Gasteiger partial charge in [0.1, 0.15) is 11.5 Å². The van der Waals surface area contributed by atoms with Crippen LogP contribution in [0, 0.1) is 0 Å². The maximum Gasteiger partial charge on any atom is 0.148 e. The summed E-state index contributed by atoms with van der Waals surface area (Å²) >= 11 is 7.20. The highest BCUT2D eigenvalue weighted by molar-refractivity contribution is 9.11. The zero-order valence-corrected chi connectivity index (χ0v) is 15.1. The van der Waals surface area contributed by atoms with Crippen molar-refractivity contribution in [2.45, 2.75) is 19.8 Å². The summed E-state index contributed by atoms with van der Waals surface area (Å²) in [6, 6.07) is 12.4. The largest absolute Gasteiger partial charge is 0.280 e. The highest BCUT2D eigenvalue weighted by Gasteiger charge is 2.15. The molecule has 0 aliphatic rings. The van der Waals surface area contributed by atoms with Crippen LogP contribution < -0.4 is 0 Å². The van der Waals surface area contributed by atoms with Gasteiger partial charge >= 0.3 is 0 Å². The molecule has 3 nitrogen and oxygen atoms in total. The molecular formula is C17H13Br2N3. The molecule has 110 valence electrons. The van der Waals surface area contributed by atoms with E-state index >= 15 is 0 Å². The Labute approximate surface area is 144 Å². The van der Waals surface area contributed by atoms with Crippen molar-refractivity contribution in [2.24, 2.45) is 0 Å². The van der Waals surface area contributed by atoms with Crippen molar-refractivity contribution in [3.63, 3.8) is 0 Å². The standard InChI is InChI=1S/C17H13Br2N3/c1-2-5-15-21-16-11(8-10(18)9-12(16)19)17-20-13-6-3-4-7-14(13)22(15)17/h3-4,6-9H,2,5H2,1H3. The van der Waals surface area contributed by atoms with E-state index in [4.69, 9.17) is 9.97 Å². The molecule has 4 rings (SSSR count). The molecule has 0 aliphatic heterocycles. The molecule has 0 saturated heterocycles. The van der Waals surface area contributed by atoms with Crippen LogP contribution in [0.25, 0.3) is 27.6 Å². The van der Waals surface area contributed by atoms with Gasteiger partial charge in [-0.1, -0.05) is 35.0 Å². The normalized spacial score (nSPS) is 11.8. The summed E-state index contributed by atoms with van der Waals surface area (Å²) in [6.07, 6.45) is 1.98. The molecule has 0 saturated carbocycles. The Balaban J connectivity index is 2.28. The van der Waals surface area contributed by atoms with Crippen molar-refractivity contribution in [3.8, 4) is 0 Å². The van der Waals surface area contributed by atoms with Crippen LogP contribution in [0.3, 0.4) is 0 Å². The zero-order chi connectivity index (χ0) is 15.3. The average molecular weight is 419 g/mol. The lowest BCUT2D eigenvalue weighted by molar-refractivity contribution is 0.828. The second-order valence-corrected chi connectivity index (χ2v) is 7.09. The molecule has 0 unspecified atom stereocenters. The minimum Gasteiger partial charge on any atom is -0.280 e. The number of aryl methyl sites for hydroxylation is 1. The number of fused-ring (bicyclic) bond motifs is 5. The predicted octanol–water partition coefficient (Wildman–Crippen LogP) is 5.51. The van der Waals surface area contributed by atoms with Crippen LogP contribution in [0.1, 0.15) is 19.2 Å². The minimum atomic E-state index is 0.926. The summed E-state index contributed by atoms with van der Waals surface area (Å²) in [7, 11) is 0. The number of benzene rings is 2. The lowest BCUT2D eigenvalue weighted by Gasteiger charge is -2.09. The van der Waals surface area contributed by atoms with Gasteiger partial charge in [0.2, 0.25) is 0 Å². The van der Waals surface area contributed by atoms with Crippen molar-refractivity contribution in [1.82, 2.24) is 14.4 Å². The first-order valence-electron chi connectivity index (χ1n) is 7.24. The molecule has 22 heavy (non-hydrogen) atoms. The van der Waals surface area contributed by atoms with Gasteiger partial charge in [-0.2, -0.15) is 0 Å². The van der Waals surface area contributed by atoms with E-state index in [0.29, 0.717) is 0 Å². The summed E-state index contributed by atoms with van der Waals surface area (Å²) in [5.74, 6) is 1.06. The van der Waals surface area contributed by atoms with Crippen molar-refractivity contribution < 1.29 is 0 Å². The molecule has 5 heteroatoms. The molecule has 0 atom stereocenters. The second kappa shape index (κ2) is 5.32. The second-order valence-electron chi connectivity index (χ2n) is 5.32. The van der Waals surface area contributed by atoms with Crippen LogP contribution in [0.2, 0.25) is 0 Å². The summed E-state index contributed by atoms with van der Waals surface area (Å²) in [6.45, 7) is 2.17. The molecule has 2 heterocycles. The molecule has 0 amide bonds. The summed E-state index contributed by atoms with van der Waals surface area (Å²) in [5.41, 5.74) is 4.06. The van der Waals surface area contributed by atoms with Gasteiger partial charge < -0.3 is 0 Å². The van der Waals surface area contributed by atoms with E-state index in [1.54, 1.807) is 0 Å². The highest BCUT2D eigenvalue weighted by atomic mass is 79.9. The topological polar surface area (TPSA) is 30.2 Å². The molecule has 4 aromatic rings. The summed E-state index contributed by atoms with van der Waals surface area (Å²) in [4.78, 5) is 9.76. The van der Waals surface area contributed by atoms with E-state index in [1.807, 2.05) is 18.2 Å². The zero-order valence-electron chi connectivity index (χ0n) is 12.0. The van der Waals surface area contributed by atoms with Crippen molar-refractivity contribution in [3.05, 3.63) is 51.2 Å². The maximum atomic E-state index is 4.91. The van der Waals surface area contributed by atoms with Crippen molar-refractivity contribution in [1.29, 1.82) is 0 Å². The maximum absolute atomic E-state index is 4.91. The fraction of sp³-hybridized carbons (Fsp3) is 0.176. The van der Waals surface area contributed by atoms with Gasteiger partial charge in [0.05, 0.1) is 16.6 Å². The van der Waals surface area contributed by atoms with E-state index in [0.717, 1.165) is 55.2 Å². The van der Waals surface area contributed by atoms with Crippen LogP contribution in [-0.4, -0.2) is 14.4 Å². The lowest BCUT2D eigenvalue weighted by atomic mass is 10.2. The summed E-state index contributed by atoms with van der Waals surface area (Å²) in [5, 5.41) is 1.05. The Morgan fingerprint density at radius 2 is 1.91 bits per heavy atom. The molecule has 0 radical (unpaired) electrons. The van der Waals surface area contributed by atoms with E-state index in [1.165, 1.54) is 0 Å². The summed E-state index contributed by atoms with van der Waals surface area (Å²) < 4.78 is 4.20. The smallest absolute Gasteiger partial charge is 0.148 e. The molecule has 2 aromatic carbocycles. The van der Waals surface area contributed by atoms with Gasteiger partial charge in [0, 0.05) is 20.8 Å². The number of aromatic nitrogens is 3. The number of rotatable bonds is 2. The monoisotopic (exact) mass is 417 g/mol. The number of nitrogens with zero attached hydrogens (tertiary/aromatic N) is 3. The third-order valence-electron chi connectivity index (χ3n) is 3.80. The van der Waals surface area contributed by atoms with E-state index < -0.39 is 0 Å². The Bertz CT molecular complexity index is 1020. The number of para-hydroxylation sites is 2. The van der Waals surface area contributed by atoms with Crippen LogP contribution in [-0.2, 0) is 6.42 Å². The Hall–Kier alpha value is -1.46. The lowest BCUT2D eigenvalue weighted by Crippen LogP contribution is -2.02. The Morgan fingerprint density at radius 1 is 1.09 bits per heavy atom. The fourth-order valence-corrected chi connectivity index (χ4v) is 4.20. The predicted molar refractivity (Wildman–Crippen MR) is 97.4 cm³/mol. The first kappa shape index (κ1) is 14.2. The third kappa shape index (κ3) is 2.07. The molecule has 0 spiro atoms. The Morgan fingerprint density at radius 3 is 2.73 bits per heavy atom. The number of halogens is 2. The van der Waals surface area contributed by atoms with Gasteiger partial charge in [-0.25, -0.2) is 9.97 Å². The van der Waals surface area contributed by atoms with E-state index in [9.17, 15) is 0 Å². The molecule has 2 aromatic heterocycles. The molecule has 0 fully saturated rings. The number of imidazole rings is 1.